The summed E-state index contributed by atoms with van der Waals surface area (Å²) >= 11 is 0. The van der Waals surface area contributed by atoms with Crippen LogP contribution in [0.15, 0.2) is 41.3 Å². The van der Waals surface area contributed by atoms with Gasteiger partial charge in [-0.2, -0.15) is 0 Å². The predicted molar refractivity (Wildman–Crippen MR) is 83.0 cm³/mol. The van der Waals surface area contributed by atoms with Gasteiger partial charge < -0.3 is 15.2 Å². The van der Waals surface area contributed by atoms with Gasteiger partial charge in [-0.3, -0.25) is 9.59 Å². The number of carbonyl (C=O) groups is 1. The fourth-order valence-electron chi connectivity index (χ4n) is 2.49. The summed E-state index contributed by atoms with van der Waals surface area (Å²) in [5, 5.41) is 6.08. The number of nitrogens with zero attached hydrogens (tertiary/aromatic N) is 1. The molecule has 1 aliphatic heterocycles. The zero-order chi connectivity index (χ0) is 14.8. The van der Waals surface area contributed by atoms with Crippen LogP contribution in [0.3, 0.4) is 0 Å². The maximum atomic E-state index is 12.3. The molecule has 0 fully saturated rings. The van der Waals surface area contributed by atoms with Gasteiger partial charge in [-0.05, 0) is 37.1 Å². The molecule has 0 aliphatic carbocycles. The Labute approximate surface area is 122 Å². The Morgan fingerprint density at radius 2 is 2.19 bits per heavy atom. The fraction of sp³-hybridized carbons (Fsp3) is 0.250. The molecule has 2 N–H and O–H groups in total. The lowest BCUT2D eigenvalue weighted by molar-refractivity contribution is 0.102. The lowest BCUT2D eigenvalue weighted by atomic mass is 10.1. The second kappa shape index (κ2) is 5.44. The van der Waals surface area contributed by atoms with Gasteiger partial charge in [-0.1, -0.05) is 6.07 Å². The first kappa shape index (κ1) is 13.4. The van der Waals surface area contributed by atoms with Gasteiger partial charge in [-0.25, -0.2) is 0 Å². The van der Waals surface area contributed by atoms with Crippen molar-refractivity contribution in [3.63, 3.8) is 0 Å². The number of rotatable bonds is 3. The number of hydrogen-bond donors (Lipinski definition) is 2. The molecule has 1 aliphatic rings. The number of benzene rings is 1. The van der Waals surface area contributed by atoms with Crippen molar-refractivity contribution >= 4 is 17.3 Å². The number of carbonyl (C=O) groups excluding carboxylic acids is 1. The molecule has 21 heavy (non-hydrogen) atoms. The van der Waals surface area contributed by atoms with Crippen LogP contribution in [0.1, 0.15) is 22.8 Å². The van der Waals surface area contributed by atoms with E-state index in [-0.39, 0.29) is 11.5 Å². The van der Waals surface area contributed by atoms with Crippen LogP contribution < -0.4 is 16.2 Å². The van der Waals surface area contributed by atoms with Crippen molar-refractivity contribution in [3.05, 3.63) is 58.0 Å². The minimum atomic E-state index is -0.173. The third-order valence-corrected chi connectivity index (χ3v) is 3.66. The second-order valence-electron chi connectivity index (χ2n) is 5.04. The number of aromatic nitrogens is 1. The Balaban J connectivity index is 1.81. The number of hydrogen-bond acceptors (Lipinski definition) is 3. The van der Waals surface area contributed by atoms with Crippen molar-refractivity contribution in [2.75, 3.05) is 17.2 Å². The van der Waals surface area contributed by atoms with E-state index in [2.05, 4.69) is 10.6 Å². The molecule has 5 heteroatoms. The summed E-state index contributed by atoms with van der Waals surface area (Å²) in [5.74, 6) is -0.173. The monoisotopic (exact) mass is 283 g/mol. The normalized spacial score (nSPS) is 12.6. The summed E-state index contributed by atoms with van der Waals surface area (Å²) in [6.45, 7) is 3.38. The van der Waals surface area contributed by atoms with Crippen LogP contribution in [-0.2, 0) is 13.0 Å². The molecule has 0 unspecified atom stereocenters. The van der Waals surface area contributed by atoms with Crippen LogP contribution in [0, 0.1) is 0 Å². The highest BCUT2D eigenvalue weighted by atomic mass is 16.1. The SMILES string of the molecule is CCn1cc(NC(=O)c2ccc3c(c2)NCC3)ccc1=O. The minimum absolute atomic E-state index is 0.0720. The number of anilines is 2. The molecule has 108 valence electrons. The smallest absolute Gasteiger partial charge is 0.255 e. The largest absolute Gasteiger partial charge is 0.384 e. The third-order valence-electron chi connectivity index (χ3n) is 3.66. The molecule has 1 aromatic carbocycles. The highest BCUT2D eigenvalue weighted by molar-refractivity contribution is 6.04. The molecule has 1 amide bonds. The van der Waals surface area contributed by atoms with Gasteiger partial charge in [0, 0.05) is 36.6 Å². The summed E-state index contributed by atoms with van der Waals surface area (Å²) in [5.41, 5.74) is 3.43. The van der Waals surface area contributed by atoms with Crippen LogP contribution in [0.5, 0.6) is 0 Å². The van der Waals surface area contributed by atoms with E-state index in [0.717, 1.165) is 18.7 Å². The Bertz CT molecular complexity index is 749. The molecule has 5 nitrogen and oxygen atoms in total. The molecule has 0 saturated carbocycles. The Kier molecular flexibility index (Phi) is 3.48. The first-order valence-electron chi connectivity index (χ1n) is 7.06. The molecule has 0 radical (unpaired) electrons. The Morgan fingerprint density at radius 1 is 1.33 bits per heavy atom. The van der Waals surface area contributed by atoms with Gasteiger partial charge >= 0.3 is 0 Å². The standard InChI is InChI=1S/C16H17N3O2/c1-2-19-10-13(5-6-15(19)20)18-16(21)12-4-3-11-7-8-17-14(11)9-12/h3-6,9-10,17H,2,7-8H2,1H3,(H,18,21). The number of aryl methyl sites for hydroxylation is 1. The van der Waals surface area contributed by atoms with E-state index in [4.69, 9.17) is 0 Å². The van der Waals surface area contributed by atoms with Crippen LogP contribution in [0.4, 0.5) is 11.4 Å². The molecule has 3 rings (SSSR count). The van der Waals surface area contributed by atoms with E-state index in [1.807, 2.05) is 25.1 Å². The van der Waals surface area contributed by atoms with Crippen LogP contribution in [0.2, 0.25) is 0 Å². The summed E-state index contributed by atoms with van der Waals surface area (Å²) in [4.78, 5) is 23.8. The minimum Gasteiger partial charge on any atom is -0.384 e. The number of amides is 1. The van der Waals surface area contributed by atoms with Crippen molar-refractivity contribution in [1.82, 2.24) is 4.57 Å². The molecule has 0 saturated heterocycles. The third kappa shape index (κ3) is 2.67. The molecule has 2 heterocycles. The van der Waals surface area contributed by atoms with E-state index in [1.54, 1.807) is 16.8 Å². The zero-order valence-corrected chi connectivity index (χ0v) is 11.8. The van der Waals surface area contributed by atoms with Gasteiger partial charge in [0.1, 0.15) is 0 Å². The summed E-state index contributed by atoms with van der Waals surface area (Å²) < 4.78 is 1.56. The molecule has 1 aromatic heterocycles. The van der Waals surface area contributed by atoms with Crippen LogP contribution in [0.25, 0.3) is 0 Å². The van der Waals surface area contributed by atoms with Crippen molar-refractivity contribution < 1.29 is 4.79 Å². The van der Waals surface area contributed by atoms with Crippen molar-refractivity contribution in [2.24, 2.45) is 0 Å². The highest BCUT2D eigenvalue weighted by Crippen LogP contribution is 2.23. The molecule has 0 bridgehead atoms. The number of pyridine rings is 1. The summed E-state index contributed by atoms with van der Waals surface area (Å²) in [6, 6.07) is 8.77. The lowest BCUT2D eigenvalue weighted by Gasteiger charge is -2.09. The van der Waals surface area contributed by atoms with E-state index < -0.39 is 0 Å². The fourth-order valence-corrected chi connectivity index (χ4v) is 2.49. The Hall–Kier alpha value is -2.56. The number of fused-ring (bicyclic) bond motifs is 1. The average Bonchev–Trinajstić information content (AvgIpc) is 2.96. The average molecular weight is 283 g/mol. The van der Waals surface area contributed by atoms with E-state index >= 15 is 0 Å². The van der Waals surface area contributed by atoms with E-state index in [0.29, 0.717) is 17.8 Å². The topological polar surface area (TPSA) is 63.1 Å². The summed E-state index contributed by atoms with van der Waals surface area (Å²) in [6.07, 6.45) is 2.66. The maximum absolute atomic E-state index is 12.3. The predicted octanol–water partition coefficient (Wildman–Crippen LogP) is 2.09. The molecular weight excluding hydrogens is 266 g/mol. The molecule has 2 aromatic rings. The summed E-state index contributed by atoms with van der Waals surface area (Å²) in [7, 11) is 0. The first-order chi connectivity index (χ1) is 10.2. The van der Waals surface area contributed by atoms with Crippen molar-refractivity contribution in [2.45, 2.75) is 19.9 Å². The molecular formula is C16H17N3O2. The molecule has 0 spiro atoms. The zero-order valence-electron chi connectivity index (χ0n) is 11.8. The van der Waals surface area contributed by atoms with E-state index in [9.17, 15) is 9.59 Å². The van der Waals surface area contributed by atoms with Gasteiger partial charge in [0.15, 0.2) is 0 Å². The van der Waals surface area contributed by atoms with Crippen molar-refractivity contribution in [3.8, 4) is 0 Å². The van der Waals surface area contributed by atoms with E-state index in [1.165, 1.54) is 11.6 Å². The second-order valence-corrected chi connectivity index (χ2v) is 5.04. The Morgan fingerprint density at radius 3 is 3.00 bits per heavy atom. The number of nitrogens with one attached hydrogen (secondary N) is 2. The van der Waals surface area contributed by atoms with Gasteiger partial charge in [0.2, 0.25) is 0 Å². The van der Waals surface area contributed by atoms with Gasteiger partial charge in [-0.15, -0.1) is 0 Å². The quantitative estimate of drug-likeness (QED) is 0.906. The van der Waals surface area contributed by atoms with Gasteiger partial charge in [0.25, 0.3) is 11.5 Å². The lowest BCUT2D eigenvalue weighted by Crippen LogP contribution is -2.19. The molecule has 0 atom stereocenters. The maximum Gasteiger partial charge on any atom is 0.255 e. The van der Waals surface area contributed by atoms with Gasteiger partial charge in [0.05, 0.1) is 5.69 Å². The van der Waals surface area contributed by atoms with Crippen molar-refractivity contribution in [1.29, 1.82) is 0 Å². The van der Waals surface area contributed by atoms with Crippen LogP contribution in [-0.4, -0.2) is 17.0 Å². The van der Waals surface area contributed by atoms with Crippen LogP contribution >= 0.6 is 0 Å². The first-order valence-corrected chi connectivity index (χ1v) is 7.06. The highest BCUT2D eigenvalue weighted by Gasteiger charge is 2.13.